The van der Waals surface area contributed by atoms with Crippen molar-refractivity contribution in [2.24, 2.45) is 5.73 Å². The maximum Gasteiger partial charge on any atom is 0.323 e. The Morgan fingerprint density at radius 2 is 2.35 bits per heavy atom. The number of carbonyl (C=O) groups excluding carboxylic acids is 1. The number of hydrogen-bond donors (Lipinski definition) is 2. The number of amides is 1. The van der Waals surface area contributed by atoms with E-state index in [1.54, 1.807) is 12.3 Å². The van der Waals surface area contributed by atoms with Gasteiger partial charge < -0.3 is 20.2 Å². The molecule has 1 amide bonds. The van der Waals surface area contributed by atoms with Gasteiger partial charge in [-0.3, -0.25) is 9.59 Å². The van der Waals surface area contributed by atoms with E-state index >= 15 is 0 Å². The Bertz CT molecular complexity index is 415. The van der Waals surface area contributed by atoms with Crippen LogP contribution in [0.3, 0.4) is 0 Å². The second-order valence-electron chi connectivity index (χ2n) is 4.07. The predicted octanol–water partition coefficient (Wildman–Crippen LogP) is -0.165. The number of hydrogen-bond acceptors (Lipinski definition) is 4. The van der Waals surface area contributed by atoms with Gasteiger partial charge in [-0.05, 0) is 18.6 Å². The molecule has 2 atom stereocenters. The first-order valence-corrected chi connectivity index (χ1v) is 5.40. The minimum Gasteiger partial charge on any atom is -0.480 e. The molecule has 1 aromatic heterocycles. The third kappa shape index (κ3) is 2.31. The van der Waals surface area contributed by atoms with Crippen molar-refractivity contribution in [3.63, 3.8) is 0 Å². The molecule has 92 valence electrons. The Labute approximate surface area is 98.0 Å². The first kappa shape index (κ1) is 11.7. The van der Waals surface area contributed by atoms with Crippen LogP contribution >= 0.6 is 0 Å². The molecule has 0 aromatic carbocycles. The third-order valence-corrected chi connectivity index (χ3v) is 2.96. The maximum atomic E-state index is 11.4. The highest BCUT2D eigenvalue weighted by molar-refractivity contribution is 5.91. The quantitative estimate of drug-likeness (QED) is 0.694. The van der Waals surface area contributed by atoms with E-state index in [9.17, 15) is 9.59 Å². The van der Waals surface area contributed by atoms with Gasteiger partial charge in [0.15, 0.2) is 0 Å². The summed E-state index contributed by atoms with van der Waals surface area (Å²) in [4.78, 5) is 23.3. The van der Waals surface area contributed by atoms with Crippen molar-refractivity contribution in [1.82, 2.24) is 4.90 Å². The van der Waals surface area contributed by atoms with Crippen molar-refractivity contribution in [3.05, 3.63) is 24.2 Å². The summed E-state index contributed by atoms with van der Waals surface area (Å²) in [7, 11) is 0. The predicted molar refractivity (Wildman–Crippen MR) is 58.1 cm³/mol. The van der Waals surface area contributed by atoms with Crippen LogP contribution in [0.15, 0.2) is 22.8 Å². The molecule has 0 spiro atoms. The summed E-state index contributed by atoms with van der Waals surface area (Å²) < 4.78 is 5.17. The highest BCUT2D eigenvalue weighted by Crippen LogP contribution is 2.22. The van der Waals surface area contributed by atoms with Crippen molar-refractivity contribution in [3.8, 4) is 0 Å². The minimum absolute atomic E-state index is 0.205. The zero-order chi connectivity index (χ0) is 12.4. The summed E-state index contributed by atoms with van der Waals surface area (Å²) in [5.41, 5.74) is 5.66. The lowest BCUT2D eigenvalue weighted by Gasteiger charge is -2.44. The number of furan rings is 1. The molecular weight excluding hydrogens is 224 g/mol. The standard InChI is InChI=1S/C11H14N2O4/c12-10-8(4-3-7-2-1-5-17-7)13(11(10)16)6-9(14)15/h1-2,5,8,10H,3-4,6,12H2,(H,14,15). The van der Waals surface area contributed by atoms with Crippen LogP contribution in [0.4, 0.5) is 0 Å². The molecule has 3 N–H and O–H groups in total. The zero-order valence-electron chi connectivity index (χ0n) is 9.20. The summed E-state index contributed by atoms with van der Waals surface area (Å²) in [5, 5.41) is 8.67. The van der Waals surface area contributed by atoms with Gasteiger partial charge in [-0.15, -0.1) is 0 Å². The summed E-state index contributed by atoms with van der Waals surface area (Å²) in [6.07, 6.45) is 2.85. The first-order valence-electron chi connectivity index (χ1n) is 5.40. The van der Waals surface area contributed by atoms with Crippen LogP contribution in [0, 0.1) is 0 Å². The summed E-state index contributed by atoms with van der Waals surface area (Å²) in [5.74, 6) is -0.503. The number of carboxylic acid groups (broad SMARTS) is 1. The lowest BCUT2D eigenvalue weighted by Crippen LogP contribution is -2.69. The highest BCUT2D eigenvalue weighted by atomic mass is 16.4. The van der Waals surface area contributed by atoms with Crippen LogP contribution in [0.5, 0.6) is 0 Å². The van der Waals surface area contributed by atoms with Gasteiger partial charge in [-0.25, -0.2) is 0 Å². The van der Waals surface area contributed by atoms with E-state index in [4.69, 9.17) is 15.3 Å². The topological polar surface area (TPSA) is 96.8 Å². The number of nitrogens with two attached hydrogens (primary N) is 1. The van der Waals surface area contributed by atoms with Gasteiger partial charge >= 0.3 is 5.97 Å². The largest absolute Gasteiger partial charge is 0.480 e. The van der Waals surface area contributed by atoms with Crippen LogP contribution in [0.2, 0.25) is 0 Å². The van der Waals surface area contributed by atoms with E-state index in [1.165, 1.54) is 4.90 Å². The Hall–Kier alpha value is -1.82. The Balaban J connectivity index is 1.90. The van der Waals surface area contributed by atoms with Crippen LogP contribution in [-0.4, -0.2) is 40.5 Å². The maximum absolute atomic E-state index is 11.4. The van der Waals surface area contributed by atoms with Gasteiger partial charge in [0.05, 0.1) is 12.3 Å². The van der Waals surface area contributed by atoms with Gasteiger partial charge in [-0.2, -0.15) is 0 Å². The second-order valence-corrected chi connectivity index (χ2v) is 4.07. The van der Waals surface area contributed by atoms with Crippen LogP contribution in [-0.2, 0) is 16.0 Å². The summed E-state index contributed by atoms with van der Waals surface area (Å²) in [6, 6.07) is 2.84. The molecule has 0 bridgehead atoms. The number of nitrogens with zero attached hydrogens (tertiary/aromatic N) is 1. The molecule has 2 heterocycles. The molecule has 2 unspecified atom stereocenters. The van der Waals surface area contributed by atoms with Gasteiger partial charge in [0, 0.05) is 6.42 Å². The van der Waals surface area contributed by atoms with E-state index in [-0.39, 0.29) is 18.5 Å². The summed E-state index contributed by atoms with van der Waals surface area (Å²) >= 11 is 0. The van der Waals surface area contributed by atoms with Crippen LogP contribution in [0.25, 0.3) is 0 Å². The van der Waals surface area contributed by atoms with Crippen molar-refractivity contribution in [2.45, 2.75) is 24.9 Å². The van der Waals surface area contributed by atoms with E-state index in [1.807, 2.05) is 6.07 Å². The number of rotatable bonds is 5. The van der Waals surface area contributed by atoms with E-state index in [0.717, 1.165) is 5.76 Å². The van der Waals surface area contributed by atoms with Crippen molar-refractivity contribution >= 4 is 11.9 Å². The molecule has 1 aliphatic heterocycles. The monoisotopic (exact) mass is 238 g/mol. The highest BCUT2D eigenvalue weighted by Gasteiger charge is 2.45. The van der Waals surface area contributed by atoms with Crippen molar-refractivity contribution < 1.29 is 19.1 Å². The fourth-order valence-corrected chi connectivity index (χ4v) is 2.05. The molecule has 1 fully saturated rings. The number of aryl methyl sites for hydroxylation is 1. The first-order chi connectivity index (χ1) is 8.09. The molecule has 6 heteroatoms. The average molecular weight is 238 g/mol. The van der Waals surface area contributed by atoms with Gasteiger partial charge in [0.25, 0.3) is 0 Å². The number of aliphatic carboxylic acids is 1. The zero-order valence-corrected chi connectivity index (χ0v) is 9.20. The van der Waals surface area contributed by atoms with E-state index < -0.39 is 12.0 Å². The van der Waals surface area contributed by atoms with E-state index in [2.05, 4.69) is 0 Å². The number of carbonyl (C=O) groups is 2. The molecule has 1 saturated heterocycles. The van der Waals surface area contributed by atoms with Gasteiger partial charge in [0.2, 0.25) is 5.91 Å². The fourth-order valence-electron chi connectivity index (χ4n) is 2.05. The van der Waals surface area contributed by atoms with Crippen LogP contribution < -0.4 is 5.73 Å². The Morgan fingerprint density at radius 1 is 1.59 bits per heavy atom. The summed E-state index contributed by atoms with van der Waals surface area (Å²) in [6.45, 7) is -0.282. The van der Waals surface area contributed by atoms with Gasteiger partial charge in [0.1, 0.15) is 18.3 Å². The van der Waals surface area contributed by atoms with Crippen LogP contribution in [0.1, 0.15) is 12.2 Å². The van der Waals surface area contributed by atoms with Crippen molar-refractivity contribution in [1.29, 1.82) is 0 Å². The molecule has 0 radical (unpaired) electrons. The van der Waals surface area contributed by atoms with Gasteiger partial charge in [-0.1, -0.05) is 0 Å². The molecule has 0 saturated carbocycles. The SMILES string of the molecule is NC1C(=O)N(CC(=O)O)C1CCc1ccco1. The average Bonchev–Trinajstić information content (AvgIpc) is 2.80. The molecule has 2 rings (SSSR count). The normalized spacial score (nSPS) is 23.6. The number of likely N-dealkylation sites (tertiary alicyclic amines) is 1. The molecule has 1 aliphatic rings. The Morgan fingerprint density at radius 3 is 2.94 bits per heavy atom. The smallest absolute Gasteiger partial charge is 0.323 e. The fraction of sp³-hybridized carbons (Fsp3) is 0.455. The molecule has 0 aliphatic carbocycles. The Kier molecular flexibility index (Phi) is 3.14. The third-order valence-electron chi connectivity index (χ3n) is 2.96. The molecule has 6 nitrogen and oxygen atoms in total. The lowest BCUT2D eigenvalue weighted by atomic mass is 9.91. The van der Waals surface area contributed by atoms with E-state index in [0.29, 0.717) is 12.8 Å². The molecular formula is C11H14N2O4. The lowest BCUT2D eigenvalue weighted by molar-refractivity contribution is -0.157. The minimum atomic E-state index is -1.02. The molecule has 1 aromatic rings. The second kappa shape index (κ2) is 4.58. The number of carboxylic acids is 1. The molecule has 17 heavy (non-hydrogen) atoms. The number of β-lactam (4-membered cyclic amide) rings is 1. The van der Waals surface area contributed by atoms with Crippen molar-refractivity contribution in [2.75, 3.05) is 6.54 Å².